The van der Waals surface area contributed by atoms with Gasteiger partial charge in [-0.1, -0.05) is 48.5 Å². The van der Waals surface area contributed by atoms with Crippen molar-refractivity contribution < 1.29 is 24.2 Å². The Kier molecular flexibility index (Phi) is 6.91. The van der Waals surface area contributed by atoms with E-state index in [1.165, 1.54) is 12.0 Å². The van der Waals surface area contributed by atoms with Gasteiger partial charge in [0.05, 0.1) is 24.4 Å². The first kappa shape index (κ1) is 24.8. The molecule has 190 valence electrons. The number of nitrogens with zero attached hydrogens (tertiary/aromatic N) is 2. The van der Waals surface area contributed by atoms with Crippen molar-refractivity contribution in [3.05, 3.63) is 125 Å². The smallest absolute Gasteiger partial charge is 0.300 e. The maximum absolute atomic E-state index is 13.4. The standard InChI is InChI=1S/C31H26N2O5/c1-20-17-22(14-15-25(20)38-19-21-9-4-3-5-10-21)29(34)27-28(23-11-8-16-32-18-23)33(31(36)30(27)35)24-12-6-7-13-26(24)37-2/h3-18,28,34H,19H2,1-2H3/b29-27-. The minimum Gasteiger partial charge on any atom is -0.507 e. The number of anilines is 1. The van der Waals surface area contributed by atoms with Gasteiger partial charge in [0, 0.05) is 18.0 Å². The summed E-state index contributed by atoms with van der Waals surface area (Å²) in [6.45, 7) is 2.27. The van der Waals surface area contributed by atoms with E-state index in [9.17, 15) is 14.7 Å². The van der Waals surface area contributed by atoms with Crippen LogP contribution in [0.2, 0.25) is 0 Å². The molecule has 1 amide bonds. The van der Waals surface area contributed by atoms with Gasteiger partial charge < -0.3 is 14.6 Å². The summed E-state index contributed by atoms with van der Waals surface area (Å²) in [5, 5.41) is 11.4. The number of amides is 1. The number of aryl methyl sites for hydroxylation is 1. The lowest BCUT2D eigenvalue weighted by molar-refractivity contribution is -0.132. The van der Waals surface area contributed by atoms with Crippen molar-refractivity contribution in [3.8, 4) is 11.5 Å². The third kappa shape index (κ3) is 4.62. The van der Waals surface area contributed by atoms with Gasteiger partial charge in [-0.25, -0.2) is 0 Å². The first-order chi connectivity index (χ1) is 18.5. The van der Waals surface area contributed by atoms with Crippen LogP contribution in [0, 0.1) is 6.92 Å². The molecule has 0 spiro atoms. The summed E-state index contributed by atoms with van der Waals surface area (Å²) in [6.07, 6.45) is 3.19. The molecular formula is C31H26N2O5. The van der Waals surface area contributed by atoms with Gasteiger partial charge in [0.2, 0.25) is 0 Å². The second-order valence-electron chi connectivity index (χ2n) is 8.88. The second kappa shape index (κ2) is 10.6. The number of benzene rings is 3. The number of para-hydroxylation sites is 2. The molecule has 1 saturated heterocycles. The van der Waals surface area contributed by atoms with Gasteiger partial charge in [-0.2, -0.15) is 0 Å². The first-order valence-electron chi connectivity index (χ1n) is 12.1. The largest absolute Gasteiger partial charge is 0.507 e. The van der Waals surface area contributed by atoms with Gasteiger partial charge in [0.25, 0.3) is 11.7 Å². The van der Waals surface area contributed by atoms with Crippen LogP contribution in [0.3, 0.4) is 0 Å². The number of Topliss-reactive ketones (excluding diaryl/α,β-unsaturated/α-hetero) is 1. The average molecular weight is 507 g/mol. The van der Waals surface area contributed by atoms with E-state index in [1.54, 1.807) is 67.0 Å². The van der Waals surface area contributed by atoms with Gasteiger partial charge in [-0.15, -0.1) is 0 Å². The van der Waals surface area contributed by atoms with Crippen LogP contribution in [0.5, 0.6) is 11.5 Å². The fraction of sp³-hybridized carbons (Fsp3) is 0.129. The fourth-order valence-corrected chi connectivity index (χ4v) is 4.61. The minimum atomic E-state index is -0.894. The van der Waals surface area contributed by atoms with Crippen molar-refractivity contribution in [2.75, 3.05) is 12.0 Å². The predicted octanol–water partition coefficient (Wildman–Crippen LogP) is 5.60. The molecule has 0 bridgehead atoms. The third-order valence-electron chi connectivity index (χ3n) is 6.47. The fourth-order valence-electron chi connectivity index (χ4n) is 4.61. The molecule has 38 heavy (non-hydrogen) atoms. The van der Waals surface area contributed by atoms with Crippen molar-refractivity contribution in [3.63, 3.8) is 0 Å². The van der Waals surface area contributed by atoms with E-state index in [4.69, 9.17) is 9.47 Å². The number of ketones is 1. The molecule has 7 heteroatoms. The maximum Gasteiger partial charge on any atom is 0.300 e. The van der Waals surface area contributed by atoms with E-state index >= 15 is 0 Å². The van der Waals surface area contributed by atoms with Crippen LogP contribution in [0.1, 0.15) is 28.3 Å². The number of aliphatic hydroxyl groups is 1. The van der Waals surface area contributed by atoms with E-state index in [-0.39, 0.29) is 11.3 Å². The van der Waals surface area contributed by atoms with Crippen molar-refractivity contribution in [1.82, 2.24) is 4.98 Å². The number of rotatable bonds is 7. The van der Waals surface area contributed by atoms with E-state index in [0.29, 0.717) is 34.9 Å². The number of ether oxygens (including phenoxy) is 2. The highest BCUT2D eigenvalue weighted by Gasteiger charge is 2.47. The van der Waals surface area contributed by atoms with E-state index in [1.807, 2.05) is 37.3 Å². The molecule has 3 aromatic carbocycles. The second-order valence-corrected chi connectivity index (χ2v) is 8.88. The molecule has 5 rings (SSSR count). The summed E-state index contributed by atoms with van der Waals surface area (Å²) in [4.78, 5) is 32.3. The summed E-state index contributed by atoms with van der Waals surface area (Å²) in [7, 11) is 1.50. The van der Waals surface area contributed by atoms with Crippen LogP contribution in [0.15, 0.2) is 103 Å². The number of aromatic nitrogens is 1. The monoisotopic (exact) mass is 506 g/mol. The number of hydrogen-bond donors (Lipinski definition) is 1. The Balaban J connectivity index is 1.56. The summed E-state index contributed by atoms with van der Waals surface area (Å²) in [5.41, 5.74) is 3.20. The molecule has 1 aliphatic rings. The molecule has 1 N–H and O–H groups in total. The van der Waals surface area contributed by atoms with Crippen LogP contribution in [-0.4, -0.2) is 28.9 Å². The highest BCUT2D eigenvalue weighted by molar-refractivity contribution is 6.51. The zero-order chi connectivity index (χ0) is 26.6. The molecule has 4 aromatic rings. The van der Waals surface area contributed by atoms with E-state index in [0.717, 1.165) is 11.1 Å². The Morgan fingerprint density at radius 1 is 0.947 bits per heavy atom. The molecule has 1 aromatic heterocycles. The number of pyridine rings is 1. The molecular weight excluding hydrogens is 480 g/mol. The number of aliphatic hydroxyl groups excluding tert-OH is 1. The molecule has 2 heterocycles. The molecule has 0 radical (unpaired) electrons. The molecule has 0 saturated carbocycles. The first-order valence-corrected chi connectivity index (χ1v) is 12.1. The average Bonchev–Trinajstić information content (AvgIpc) is 3.22. The lowest BCUT2D eigenvalue weighted by Crippen LogP contribution is -2.29. The van der Waals surface area contributed by atoms with Crippen molar-refractivity contribution in [2.45, 2.75) is 19.6 Å². The molecule has 7 nitrogen and oxygen atoms in total. The van der Waals surface area contributed by atoms with Crippen molar-refractivity contribution in [1.29, 1.82) is 0 Å². The summed E-state index contributed by atoms with van der Waals surface area (Å²) < 4.78 is 11.4. The summed E-state index contributed by atoms with van der Waals surface area (Å²) in [5.74, 6) is -0.733. The number of carbonyl (C=O) groups excluding carboxylic acids is 2. The van der Waals surface area contributed by atoms with Gasteiger partial charge in [0.1, 0.15) is 23.9 Å². The van der Waals surface area contributed by atoms with Gasteiger partial charge in [-0.05, 0) is 60.0 Å². The Morgan fingerprint density at radius 3 is 2.42 bits per heavy atom. The molecule has 1 atom stereocenters. The quantitative estimate of drug-likeness (QED) is 0.199. The zero-order valence-corrected chi connectivity index (χ0v) is 21.0. The Bertz CT molecular complexity index is 1520. The minimum absolute atomic E-state index is 0.0220. The summed E-state index contributed by atoms with van der Waals surface area (Å²) >= 11 is 0. The predicted molar refractivity (Wildman–Crippen MR) is 144 cm³/mol. The lowest BCUT2D eigenvalue weighted by atomic mass is 9.95. The normalized spacial score (nSPS) is 16.5. The summed E-state index contributed by atoms with van der Waals surface area (Å²) in [6, 6.07) is 24.5. The Morgan fingerprint density at radius 2 is 1.71 bits per heavy atom. The third-order valence-corrected chi connectivity index (χ3v) is 6.47. The highest BCUT2D eigenvalue weighted by atomic mass is 16.5. The van der Waals surface area contributed by atoms with Crippen LogP contribution >= 0.6 is 0 Å². The Labute approximate surface area is 220 Å². The Hall–Kier alpha value is -4.91. The van der Waals surface area contributed by atoms with E-state index < -0.39 is 17.7 Å². The topological polar surface area (TPSA) is 89.0 Å². The van der Waals surface area contributed by atoms with Gasteiger partial charge in [0.15, 0.2) is 0 Å². The molecule has 1 unspecified atom stereocenters. The number of carbonyl (C=O) groups is 2. The van der Waals surface area contributed by atoms with Crippen LogP contribution in [0.25, 0.3) is 5.76 Å². The van der Waals surface area contributed by atoms with Crippen LogP contribution in [-0.2, 0) is 16.2 Å². The van der Waals surface area contributed by atoms with Crippen LogP contribution in [0.4, 0.5) is 5.69 Å². The molecule has 1 fully saturated rings. The van der Waals surface area contributed by atoms with Crippen LogP contribution < -0.4 is 14.4 Å². The van der Waals surface area contributed by atoms with Gasteiger partial charge >= 0.3 is 0 Å². The zero-order valence-electron chi connectivity index (χ0n) is 21.0. The highest BCUT2D eigenvalue weighted by Crippen LogP contribution is 2.44. The lowest BCUT2D eigenvalue weighted by Gasteiger charge is -2.26. The SMILES string of the molecule is COc1ccccc1N1C(=O)C(=O)/C(=C(\O)c2ccc(OCc3ccccc3)c(C)c2)C1c1cccnc1. The number of methoxy groups -OCH3 is 1. The van der Waals surface area contributed by atoms with Gasteiger partial charge in [-0.3, -0.25) is 19.5 Å². The molecule has 1 aliphatic heterocycles. The van der Waals surface area contributed by atoms with E-state index in [2.05, 4.69) is 4.98 Å². The molecule has 0 aliphatic carbocycles. The number of hydrogen-bond acceptors (Lipinski definition) is 6. The van der Waals surface area contributed by atoms with Crippen molar-refractivity contribution >= 4 is 23.1 Å². The maximum atomic E-state index is 13.4. The van der Waals surface area contributed by atoms with Crippen molar-refractivity contribution in [2.24, 2.45) is 0 Å².